The zero-order valence-corrected chi connectivity index (χ0v) is 17.1. The predicted octanol–water partition coefficient (Wildman–Crippen LogP) is 3.12. The summed E-state index contributed by atoms with van der Waals surface area (Å²) in [7, 11) is 3.15. The Balaban J connectivity index is 1.46. The largest absolute Gasteiger partial charge is 0.497 e. The van der Waals surface area contributed by atoms with Gasteiger partial charge in [0, 0.05) is 37.9 Å². The van der Waals surface area contributed by atoms with E-state index in [2.05, 4.69) is 9.88 Å². The van der Waals surface area contributed by atoms with Crippen LogP contribution in [0.4, 0.5) is 5.82 Å². The van der Waals surface area contributed by atoms with Gasteiger partial charge in [0.25, 0.3) is 5.91 Å². The third-order valence-corrected chi connectivity index (χ3v) is 5.20. The summed E-state index contributed by atoms with van der Waals surface area (Å²) in [5, 5.41) is 0. The third kappa shape index (κ3) is 4.05. The molecular formula is C23H24N4O3. The van der Waals surface area contributed by atoms with Crippen LogP contribution < -0.4 is 14.4 Å². The van der Waals surface area contributed by atoms with Crippen molar-refractivity contribution < 1.29 is 14.3 Å². The van der Waals surface area contributed by atoms with Crippen molar-refractivity contribution in [3.63, 3.8) is 0 Å². The molecule has 3 aromatic rings. The van der Waals surface area contributed by atoms with E-state index >= 15 is 0 Å². The quantitative estimate of drug-likeness (QED) is 0.651. The highest BCUT2D eigenvalue weighted by Gasteiger charge is 2.25. The molecule has 1 saturated heterocycles. The van der Waals surface area contributed by atoms with E-state index in [-0.39, 0.29) is 5.91 Å². The van der Waals surface area contributed by atoms with Crippen molar-refractivity contribution in [2.75, 3.05) is 45.3 Å². The van der Waals surface area contributed by atoms with E-state index in [4.69, 9.17) is 14.5 Å². The first kappa shape index (κ1) is 19.7. The number of piperazine rings is 1. The van der Waals surface area contributed by atoms with Gasteiger partial charge < -0.3 is 19.3 Å². The Morgan fingerprint density at radius 1 is 0.933 bits per heavy atom. The molecule has 1 aliphatic rings. The lowest BCUT2D eigenvalue weighted by atomic mass is 10.1. The number of hydrogen-bond acceptors (Lipinski definition) is 6. The zero-order chi connectivity index (χ0) is 20.9. The lowest BCUT2D eigenvalue weighted by Crippen LogP contribution is -2.49. The second-order valence-electron chi connectivity index (χ2n) is 6.95. The van der Waals surface area contributed by atoms with Gasteiger partial charge in [0.05, 0.1) is 19.8 Å². The molecule has 0 spiro atoms. The van der Waals surface area contributed by atoms with Gasteiger partial charge in [0.2, 0.25) is 0 Å². The Hall–Kier alpha value is -3.61. The number of amides is 1. The topological polar surface area (TPSA) is 67.8 Å². The molecule has 1 aliphatic heterocycles. The summed E-state index contributed by atoms with van der Waals surface area (Å²) in [4.78, 5) is 26.2. The van der Waals surface area contributed by atoms with Crippen LogP contribution in [0.3, 0.4) is 0 Å². The smallest absolute Gasteiger partial charge is 0.257 e. The number of carbonyl (C=O) groups is 1. The Morgan fingerprint density at radius 3 is 2.40 bits per heavy atom. The van der Waals surface area contributed by atoms with Crippen LogP contribution in [0.15, 0.2) is 60.8 Å². The minimum absolute atomic E-state index is 0.0573. The summed E-state index contributed by atoms with van der Waals surface area (Å²) >= 11 is 0. The third-order valence-electron chi connectivity index (χ3n) is 5.20. The minimum atomic E-state index is -0.0573. The van der Waals surface area contributed by atoms with Gasteiger partial charge in [-0.1, -0.05) is 30.3 Å². The number of ether oxygens (including phenoxy) is 2. The van der Waals surface area contributed by atoms with Gasteiger partial charge >= 0.3 is 0 Å². The van der Waals surface area contributed by atoms with E-state index in [9.17, 15) is 4.79 Å². The first-order valence-corrected chi connectivity index (χ1v) is 9.84. The van der Waals surface area contributed by atoms with Crippen molar-refractivity contribution in [3.8, 4) is 22.9 Å². The molecule has 0 N–H and O–H groups in total. The maximum atomic E-state index is 13.1. The van der Waals surface area contributed by atoms with Crippen molar-refractivity contribution in [3.05, 3.63) is 66.4 Å². The molecule has 154 valence electrons. The van der Waals surface area contributed by atoms with E-state index in [0.717, 1.165) is 11.4 Å². The van der Waals surface area contributed by atoms with Crippen LogP contribution in [-0.2, 0) is 0 Å². The van der Waals surface area contributed by atoms with Crippen LogP contribution in [0.2, 0.25) is 0 Å². The Labute approximate surface area is 175 Å². The van der Waals surface area contributed by atoms with Gasteiger partial charge in [-0.2, -0.15) is 0 Å². The van der Waals surface area contributed by atoms with Gasteiger partial charge in [0.15, 0.2) is 5.82 Å². The first-order chi connectivity index (χ1) is 14.7. The van der Waals surface area contributed by atoms with Crippen molar-refractivity contribution >= 4 is 11.7 Å². The summed E-state index contributed by atoms with van der Waals surface area (Å²) in [6.07, 6.45) is 1.78. The molecule has 0 bridgehead atoms. The SMILES string of the molecule is COc1ccc(OC)c(C(=O)N2CCN(c3ccnc(-c4ccccc4)n3)CC2)c1. The summed E-state index contributed by atoms with van der Waals surface area (Å²) in [6, 6.07) is 17.1. The molecule has 1 fully saturated rings. The number of rotatable bonds is 5. The molecule has 0 unspecified atom stereocenters. The van der Waals surface area contributed by atoms with Crippen LogP contribution in [0.5, 0.6) is 11.5 Å². The maximum Gasteiger partial charge on any atom is 0.257 e. The van der Waals surface area contributed by atoms with E-state index in [1.54, 1.807) is 38.6 Å². The molecule has 2 heterocycles. The first-order valence-electron chi connectivity index (χ1n) is 9.84. The molecule has 0 aliphatic carbocycles. The highest BCUT2D eigenvalue weighted by atomic mass is 16.5. The summed E-state index contributed by atoms with van der Waals surface area (Å²) in [5.41, 5.74) is 1.50. The van der Waals surface area contributed by atoms with E-state index in [0.29, 0.717) is 49.1 Å². The van der Waals surface area contributed by atoms with Crippen LogP contribution >= 0.6 is 0 Å². The average Bonchev–Trinajstić information content (AvgIpc) is 2.84. The molecule has 2 aromatic carbocycles. The van der Waals surface area contributed by atoms with Crippen molar-refractivity contribution in [2.24, 2.45) is 0 Å². The number of anilines is 1. The molecule has 1 amide bonds. The maximum absolute atomic E-state index is 13.1. The number of nitrogens with zero attached hydrogens (tertiary/aromatic N) is 4. The Bertz CT molecular complexity index is 1020. The lowest BCUT2D eigenvalue weighted by Gasteiger charge is -2.35. The fourth-order valence-corrected chi connectivity index (χ4v) is 3.54. The molecular weight excluding hydrogens is 380 g/mol. The molecule has 0 atom stereocenters. The van der Waals surface area contributed by atoms with Gasteiger partial charge in [-0.3, -0.25) is 4.79 Å². The molecule has 1 aromatic heterocycles. The highest BCUT2D eigenvalue weighted by Crippen LogP contribution is 2.26. The second-order valence-corrected chi connectivity index (χ2v) is 6.95. The van der Waals surface area contributed by atoms with Crippen LogP contribution in [0.25, 0.3) is 11.4 Å². The van der Waals surface area contributed by atoms with Gasteiger partial charge in [0.1, 0.15) is 17.3 Å². The number of methoxy groups -OCH3 is 2. The normalized spacial score (nSPS) is 13.8. The molecule has 30 heavy (non-hydrogen) atoms. The van der Waals surface area contributed by atoms with E-state index in [1.807, 2.05) is 41.3 Å². The average molecular weight is 404 g/mol. The highest BCUT2D eigenvalue weighted by molar-refractivity contribution is 5.97. The van der Waals surface area contributed by atoms with Gasteiger partial charge in [-0.15, -0.1) is 0 Å². The summed E-state index contributed by atoms with van der Waals surface area (Å²) in [5.74, 6) is 2.69. The number of aromatic nitrogens is 2. The van der Waals surface area contributed by atoms with Crippen molar-refractivity contribution in [2.45, 2.75) is 0 Å². The monoisotopic (exact) mass is 404 g/mol. The number of carbonyl (C=O) groups excluding carboxylic acids is 1. The van der Waals surface area contributed by atoms with E-state index < -0.39 is 0 Å². The Kier molecular flexibility index (Phi) is 5.79. The van der Waals surface area contributed by atoms with Crippen LogP contribution in [0, 0.1) is 0 Å². The molecule has 4 rings (SSSR count). The number of hydrogen-bond donors (Lipinski definition) is 0. The molecule has 0 radical (unpaired) electrons. The van der Waals surface area contributed by atoms with Gasteiger partial charge in [-0.05, 0) is 24.3 Å². The van der Waals surface area contributed by atoms with Crippen molar-refractivity contribution in [1.82, 2.24) is 14.9 Å². The zero-order valence-electron chi connectivity index (χ0n) is 17.1. The van der Waals surface area contributed by atoms with Crippen LogP contribution in [0.1, 0.15) is 10.4 Å². The molecule has 7 nitrogen and oxygen atoms in total. The van der Waals surface area contributed by atoms with Gasteiger partial charge in [-0.25, -0.2) is 9.97 Å². The fraction of sp³-hybridized carbons (Fsp3) is 0.261. The Morgan fingerprint density at radius 2 is 1.70 bits per heavy atom. The summed E-state index contributed by atoms with van der Waals surface area (Å²) < 4.78 is 10.6. The lowest BCUT2D eigenvalue weighted by molar-refractivity contribution is 0.0742. The van der Waals surface area contributed by atoms with E-state index in [1.165, 1.54) is 0 Å². The standard InChI is InChI=1S/C23H24N4O3/c1-29-18-8-9-20(30-2)19(16-18)23(28)27-14-12-26(13-15-27)21-10-11-24-22(25-21)17-6-4-3-5-7-17/h3-11,16H,12-15H2,1-2H3. The predicted molar refractivity (Wildman–Crippen MR) is 115 cm³/mol. The molecule has 0 saturated carbocycles. The van der Waals surface area contributed by atoms with Crippen LogP contribution in [-0.4, -0.2) is 61.2 Å². The number of benzene rings is 2. The van der Waals surface area contributed by atoms with Crippen molar-refractivity contribution in [1.29, 1.82) is 0 Å². The summed E-state index contributed by atoms with van der Waals surface area (Å²) in [6.45, 7) is 2.60. The minimum Gasteiger partial charge on any atom is -0.497 e. The molecule has 7 heteroatoms. The fourth-order valence-electron chi connectivity index (χ4n) is 3.54. The second kappa shape index (κ2) is 8.82.